The lowest BCUT2D eigenvalue weighted by atomic mass is 10.2. The molecule has 8 heteroatoms. The second-order valence-electron chi connectivity index (χ2n) is 3.86. The summed E-state index contributed by atoms with van der Waals surface area (Å²) in [6.45, 7) is -0.136. The minimum absolute atomic E-state index is 0.0159. The lowest BCUT2D eigenvalue weighted by molar-refractivity contribution is 0.291. The summed E-state index contributed by atoms with van der Waals surface area (Å²) in [4.78, 5) is 7.51. The van der Waals surface area contributed by atoms with Crippen LogP contribution >= 0.6 is 23.2 Å². The zero-order valence-corrected chi connectivity index (χ0v) is 12.7. The lowest BCUT2D eigenvalue weighted by Crippen LogP contribution is -2.04. The summed E-state index contributed by atoms with van der Waals surface area (Å²) in [6, 6.07) is 1.37. The molecule has 2 rings (SSSR count). The zero-order chi connectivity index (χ0) is 15.4. The van der Waals surface area contributed by atoms with Gasteiger partial charge in [0, 0.05) is 6.07 Å². The fourth-order valence-electron chi connectivity index (χ4n) is 1.59. The van der Waals surface area contributed by atoms with Crippen LogP contribution in [0.15, 0.2) is 18.5 Å². The first-order chi connectivity index (χ1) is 10.1. The molecule has 0 aliphatic heterocycles. The van der Waals surface area contributed by atoms with E-state index in [1.54, 1.807) is 0 Å². The first-order valence-corrected chi connectivity index (χ1v) is 6.51. The molecule has 5 nitrogen and oxygen atoms in total. The van der Waals surface area contributed by atoms with Crippen LogP contribution in [0.25, 0.3) is 0 Å². The van der Waals surface area contributed by atoms with E-state index < -0.39 is 5.82 Å². The quantitative estimate of drug-likeness (QED) is 0.784. The Kier molecular flexibility index (Phi) is 5.03. The number of hydrogen-bond acceptors (Lipinski definition) is 5. The Bertz CT molecular complexity index is 610. The third kappa shape index (κ3) is 3.46. The molecule has 0 unspecified atom stereocenters. The van der Waals surface area contributed by atoms with Gasteiger partial charge in [-0.05, 0) is 11.6 Å². The van der Waals surface area contributed by atoms with Crippen molar-refractivity contribution in [1.82, 2.24) is 9.97 Å². The van der Waals surface area contributed by atoms with Gasteiger partial charge in [0.2, 0.25) is 5.28 Å². The van der Waals surface area contributed by atoms with Crippen LogP contribution in [-0.4, -0.2) is 24.2 Å². The van der Waals surface area contributed by atoms with Gasteiger partial charge in [0.25, 0.3) is 0 Å². The number of rotatable bonds is 5. The summed E-state index contributed by atoms with van der Waals surface area (Å²) in [5, 5.41) is 0.209. The van der Waals surface area contributed by atoms with Crippen LogP contribution in [0.1, 0.15) is 5.56 Å². The number of aromatic nitrogens is 2. The smallest absolute Gasteiger partial charge is 0.222 e. The van der Waals surface area contributed by atoms with Crippen molar-refractivity contribution in [3.8, 4) is 17.2 Å². The maximum absolute atomic E-state index is 14.2. The highest BCUT2D eigenvalue weighted by Gasteiger charge is 2.19. The van der Waals surface area contributed by atoms with Gasteiger partial charge in [-0.15, -0.1) is 0 Å². The van der Waals surface area contributed by atoms with Gasteiger partial charge in [0.1, 0.15) is 12.4 Å². The summed E-state index contributed by atoms with van der Waals surface area (Å²) in [5.41, 5.74) is 0.114. The molecular formula is C13H11Cl2FN2O3. The number of benzene rings is 1. The molecule has 2 aromatic rings. The Labute approximate surface area is 130 Å². The van der Waals surface area contributed by atoms with E-state index in [4.69, 9.17) is 37.4 Å². The lowest BCUT2D eigenvalue weighted by Gasteiger charge is -2.14. The molecule has 0 spiro atoms. The van der Waals surface area contributed by atoms with Crippen LogP contribution in [0.5, 0.6) is 17.2 Å². The van der Waals surface area contributed by atoms with E-state index in [0.29, 0.717) is 11.5 Å². The summed E-state index contributed by atoms with van der Waals surface area (Å²) in [7, 11) is 2.78. The molecule has 1 aromatic carbocycles. The number of halogens is 3. The Morgan fingerprint density at radius 1 is 1.10 bits per heavy atom. The van der Waals surface area contributed by atoms with Gasteiger partial charge in [-0.2, -0.15) is 0 Å². The first kappa shape index (κ1) is 15.6. The van der Waals surface area contributed by atoms with E-state index >= 15 is 0 Å². The molecule has 0 radical (unpaired) electrons. The van der Waals surface area contributed by atoms with Gasteiger partial charge in [-0.1, -0.05) is 11.6 Å². The number of ether oxygens (including phenoxy) is 3. The van der Waals surface area contributed by atoms with E-state index in [1.807, 2.05) is 0 Å². The average Bonchev–Trinajstić information content (AvgIpc) is 2.49. The Hall–Kier alpha value is -1.79. The monoisotopic (exact) mass is 332 g/mol. The Morgan fingerprint density at radius 2 is 1.71 bits per heavy atom. The molecular weight excluding hydrogens is 322 g/mol. The second-order valence-corrected chi connectivity index (χ2v) is 4.58. The highest BCUT2D eigenvalue weighted by atomic mass is 35.5. The van der Waals surface area contributed by atoms with Gasteiger partial charge in [-0.25, -0.2) is 14.4 Å². The Morgan fingerprint density at radius 3 is 2.29 bits per heavy atom. The largest absolute Gasteiger partial charge is 0.495 e. The zero-order valence-electron chi connectivity index (χ0n) is 11.2. The molecule has 0 saturated carbocycles. The van der Waals surface area contributed by atoms with E-state index in [0.717, 1.165) is 0 Å². The van der Waals surface area contributed by atoms with Crippen LogP contribution in [0, 0.1) is 5.82 Å². The predicted octanol–water partition coefficient (Wildman–Crippen LogP) is 3.52. The molecule has 1 heterocycles. The predicted molar refractivity (Wildman–Crippen MR) is 75.9 cm³/mol. The second kappa shape index (κ2) is 6.78. The number of methoxy groups -OCH3 is 2. The molecule has 0 atom stereocenters. The van der Waals surface area contributed by atoms with Gasteiger partial charge >= 0.3 is 0 Å². The van der Waals surface area contributed by atoms with Gasteiger partial charge < -0.3 is 14.2 Å². The standard InChI is InChI=1S/C13H11Cl2FN2O3/c1-19-9-3-10(20-2)12(16)8(11(9)14)6-21-7-4-17-13(15)18-5-7/h3-5H,6H2,1-2H3. The van der Waals surface area contributed by atoms with Crippen molar-refractivity contribution >= 4 is 23.2 Å². The van der Waals surface area contributed by atoms with Crippen LogP contribution < -0.4 is 14.2 Å². The highest BCUT2D eigenvalue weighted by molar-refractivity contribution is 6.32. The number of nitrogens with zero attached hydrogens (tertiary/aromatic N) is 2. The van der Waals surface area contributed by atoms with Gasteiger partial charge in [0.05, 0.1) is 37.2 Å². The van der Waals surface area contributed by atoms with Crippen molar-refractivity contribution in [2.45, 2.75) is 6.61 Å². The molecule has 0 aliphatic carbocycles. The molecule has 0 saturated heterocycles. The topological polar surface area (TPSA) is 53.5 Å². The molecule has 0 amide bonds. The van der Waals surface area contributed by atoms with Crippen LogP contribution in [0.2, 0.25) is 10.3 Å². The summed E-state index contributed by atoms with van der Waals surface area (Å²) < 4.78 is 29.6. The van der Waals surface area contributed by atoms with Crippen LogP contribution in [0.4, 0.5) is 4.39 Å². The maximum Gasteiger partial charge on any atom is 0.222 e. The maximum atomic E-state index is 14.2. The van der Waals surface area contributed by atoms with Crippen molar-refractivity contribution in [1.29, 1.82) is 0 Å². The molecule has 1 aromatic heterocycles. The average molecular weight is 333 g/mol. The van der Waals surface area contributed by atoms with Crippen LogP contribution in [0.3, 0.4) is 0 Å². The molecule has 0 bridgehead atoms. The fraction of sp³-hybridized carbons (Fsp3) is 0.231. The SMILES string of the molecule is COc1cc(OC)c(Cl)c(COc2cnc(Cl)nc2)c1F. The van der Waals surface area contributed by atoms with Crippen LogP contribution in [-0.2, 0) is 6.61 Å². The third-order valence-corrected chi connectivity index (χ3v) is 3.25. The first-order valence-electron chi connectivity index (χ1n) is 5.76. The number of hydrogen-bond donors (Lipinski definition) is 0. The van der Waals surface area contributed by atoms with Crippen molar-refractivity contribution in [3.63, 3.8) is 0 Å². The van der Waals surface area contributed by atoms with Crippen molar-refractivity contribution < 1.29 is 18.6 Å². The highest BCUT2D eigenvalue weighted by Crippen LogP contribution is 2.36. The summed E-state index contributed by atoms with van der Waals surface area (Å²) >= 11 is 11.6. The molecule has 0 fully saturated rings. The molecule has 0 N–H and O–H groups in total. The fourth-order valence-corrected chi connectivity index (χ4v) is 1.96. The Balaban J connectivity index is 2.28. The van der Waals surface area contributed by atoms with Crippen molar-refractivity contribution in [3.05, 3.63) is 40.1 Å². The van der Waals surface area contributed by atoms with Gasteiger partial charge in [0.15, 0.2) is 17.3 Å². The molecule has 112 valence electrons. The minimum atomic E-state index is -0.613. The minimum Gasteiger partial charge on any atom is -0.495 e. The van der Waals surface area contributed by atoms with E-state index in [9.17, 15) is 4.39 Å². The van der Waals surface area contributed by atoms with E-state index in [2.05, 4.69) is 9.97 Å². The third-order valence-electron chi connectivity index (χ3n) is 2.64. The molecule has 21 heavy (non-hydrogen) atoms. The van der Waals surface area contributed by atoms with E-state index in [1.165, 1.54) is 32.7 Å². The molecule has 0 aliphatic rings. The van der Waals surface area contributed by atoms with E-state index in [-0.39, 0.29) is 28.2 Å². The van der Waals surface area contributed by atoms with Crippen molar-refractivity contribution in [2.24, 2.45) is 0 Å². The summed E-state index contributed by atoms with van der Waals surface area (Å²) in [5.74, 6) is 0.0258. The van der Waals surface area contributed by atoms with Gasteiger partial charge in [-0.3, -0.25) is 0 Å². The summed E-state index contributed by atoms with van der Waals surface area (Å²) in [6.07, 6.45) is 2.75. The van der Waals surface area contributed by atoms with Crippen molar-refractivity contribution in [2.75, 3.05) is 14.2 Å². The normalized spacial score (nSPS) is 10.3.